The molecule has 0 heterocycles. The first-order chi connectivity index (χ1) is 6.07. The largest absolute Gasteiger partial charge is 0.464 e. The van der Waals surface area contributed by atoms with E-state index >= 15 is 0 Å². The molecule has 0 fully saturated rings. The Morgan fingerprint density at radius 3 is 2.50 bits per heavy atom. The zero-order valence-corrected chi connectivity index (χ0v) is 10.6. The lowest BCUT2D eigenvalue weighted by atomic mass is 10.2. The van der Waals surface area contributed by atoms with E-state index in [1.807, 2.05) is 20.1 Å². The fourth-order valence-electron chi connectivity index (χ4n) is 0.719. The summed E-state index contributed by atoms with van der Waals surface area (Å²) in [4.78, 5) is 11.2. The predicted octanol–water partition coefficient (Wildman–Crippen LogP) is 1.69. The van der Waals surface area contributed by atoms with Crippen LogP contribution in [0.25, 0.3) is 0 Å². The van der Waals surface area contributed by atoms with Crippen molar-refractivity contribution in [1.82, 2.24) is 0 Å². The molecule has 0 saturated carbocycles. The smallest absolute Gasteiger partial charge is 0.322 e. The quantitative estimate of drug-likeness (QED) is 0.719. The second kappa shape index (κ2) is 9.62. The number of halogens is 1. The topological polar surface area (TPSA) is 52.3 Å². The van der Waals surface area contributed by atoms with Crippen LogP contribution in [0.3, 0.4) is 0 Å². The van der Waals surface area contributed by atoms with Crippen LogP contribution in [0.2, 0.25) is 0 Å². The average molecular weight is 242 g/mol. The van der Waals surface area contributed by atoms with Crippen LogP contribution < -0.4 is 5.73 Å². The first-order valence-electron chi connectivity index (χ1n) is 4.49. The van der Waals surface area contributed by atoms with E-state index in [4.69, 9.17) is 10.5 Å². The van der Waals surface area contributed by atoms with Gasteiger partial charge in [0.05, 0.1) is 6.61 Å². The third-order valence-electron chi connectivity index (χ3n) is 1.49. The molecule has 0 amide bonds. The molecule has 0 aromatic rings. The van der Waals surface area contributed by atoms with E-state index in [1.54, 1.807) is 11.8 Å². The molecule has 0 spiro atoms. The van der Waals surface area contributed by atoms with Crippen LogP contribution in [0.5, 0.6) is 0 Å². The van der Waals surface area contributed by atoms with Gasteiger partial charge in [-0.2, -0.15) is 11.8 Å². The van der Waals surface area contributed by atoms with Crippen molar-refractivity contribution in [3.05, 3.63) is 0 Å². The van der Waals surface area contributed by atoms with E-state index in [0.717, 1.165) is 5.75 Å². The van der Waals surface area contributed by atoms with Gasteiger partial charge in [0.1, 0.15) is 6.04 Å². The van der Waals surface area contributed by atoms with Gasteiger partial charge in [0.2, 0.25) is 0 Å². The summed E-state index contributed by atoms with van der Waals surface area (Å²) >= 11 is 1.68. The van der Waals surface area contributed by atoms with E-state index in [2.05, 4.69) is 0 Å². The molecule has 0 aliphatic rings. The van der Waals surface area contributed by atoms with Gasteiger partial charge in [-0.3, -0.25) is 4.79 Å². The standard InChI is InChI=1S/C9H19NO2S.ClH/c1-7(2)6-12-9(11)8(10)4-5-13-3;/h7-8H,4-6,10H2,1-3H3;1H/t8-;/m0./s1. The summed E-state index contributed by atoms with van der Waals surface area (Å²) in [5.74, 6) is 0.997. The highest BCUT2D eigenvalue weighted by Crippen LogP contribution is 2.01. The number of hydrogen-bond acceptors (Lipinski definition) is 4. The number of ether oxygens (including phenoxy) is 1. The molecular formula is C9H20ClNO2S. The number of carbonyl (C=O) groups is 1. The Labute approximate surface area is 96.5 Å². The molecule has 3 nitrogen and oxygen atoms in total. The van der Waals surface area contributed by atoms with Gasteiger partial charge in [-0.25, -0.2) is 0 Å². The molecule has 0 aromatic carbocycles. The lowest BCUT2D eigenvalue weighted by molar-refractivity contribution is -0.146. The van der Waals surface area contributed by atoms with E-state index in [9.17, 15) is 4.79 Å². The van der Waals surface area contributed by atoms with Crippen molar-refractivity contribution >= 4 is 30.1 Å². The first-order valence-corrected chi connectivity index (χ1v) is 5.88. The van der Waals surface area contributed by atoms with Crippen molar-refractivity contribution < 1.29 is 9.53 Å². The molecule has 0 radical (unpaired) electrons. The van der Waals surface area contributed by atoms with Crippen LogP contribution in [0.4, 0.5) is 0 Å². The highest BCUT2D eigenvalue weighted by atomic mass is 35.5. The van der Waals surface area contributed by atoms with Gasteiger partial charge < -0.3 is 10.5 Å². The van der Waals surface area contributed by atoms with E-state index in [-0.39, 0.29) is 18.4 Å². The minimum absolute atomic E-state index is 0. The number of carbonyl (C=O) groups excluding carboxylic acids is 1. The first kappa shape index (κ1) is 16.5. The average Bonchev–Trinajstić information content (AvgIpc) is 2.10. The van der Waals surface area contributed by atoms with Crippen molar-refractivity contribution in [1.29, 1.82) is 0 Å². The van der Waals surface area contributed by atoms with Crippen LogP contribution in [0, 0.1) is 5.92 Å². The SMILES string of the molecule is CSCC[C@H](N)C(=O)OCC(C)C.Cl. The maximum atomic E-state index is 11.2. The molecule has 86 valence electrons. The summed E-state index contributed by atoms with van der Waals surface area (Å²) in [7, 11) is 0. The van der Waals surface area contributed by atoms with Gasteiger partial charge in [0, 0.05) is 0 Å². The van der Waals surface area contributed by atoms with Crippen molar-refractivity contribution in [2.75, 3.05) is 18.6 Å². The van der Waals surface area contributed by atoms with Crippen LogP contribution in [0.15, 0.2) is 0 Å². The summed E-state index contributed by atoms with van der Waals surface area (Å²) in [5.41, 5.74) is 5.60. The van der Waals surface area contributed by atoms with Crippen LogP contribution >= 0.6 is 24.2 Å². The Morgan fingerprint density at radius 1 is 1.50 bits per heavy atom. The summed E-state index contributed by atoms with van der Waals surface area (Å²) < 4.78 is 4.99. The third kappa shape index (κ3) is 8.66. The van der Waals surface area contributed by atoms with Crippen molar-refractivity contribution in [2.24, 2.45) is 11.7 Å². The minimum atomic E-state index is -0.453. The number of rotatable bonds is 6. The maximum absolute atomic E-state index is 11.2. The van der Waals surface area contributed by atoms with Crippen molar-refractivity contribution in [3.8, 4) is 0 Å². The van der Waals surface area contributed by atoms with Crippen molar-refractivity contribution in [3.63, 3.8) is 0 Å². The Bertz CT molecular complexity index is 156. The second-order valence-electron chi connectivity index (χ2n) is 3.41. The lowest BCUT2D eigenvalue weighted by Gasteiger charge is -2.11. The zero-order valence-electron chi connectivity index (χ0n) is 8.99. The molecule has 5 heteroatoms. The number of nitrogens with two attached hydrogens (primary N) is 1. The molecule has 0 aliphatic carbocycles. The zero-order chi connectivity index (χ0) is 10.3. The Morgan fingerprint density at radius 2 is 2.07 bits per heavy atom. The molecule has 0 bridgehead atoms. The molecule has 0 aromatic heterocycles. The molecule has 2 N–H and O–H groups in total. The summed E-state index contributed by atoms with van der Waals surface area (Å²) in [5, 5.41) is 0. The highest BCUT2D eigenvalue weighted by Gasteiger charge is 2.14. The molecule has 0 rings (SSSR count). The number of hydrogen-bond donors (Lipinski definition) is 1. The predicted molar refractivity (Wildman–Crippen MR) is 64.0 cm³/mol. The number of esters is 1. The molecule has 0 aliphatic heterocycles. The molecular weight excluding hydrogens is 222 g/mol. The minimum Gasteiger partial charge on any atom is -0.464 e. The number of thioether (sulfide) groups is 1. The van der Waals surface area contributed by atoms with Gasteiger partial charge in [-0.15, -0.1) is 12.4 Å². The monoisotopic (exact) mass is 241 g/mol. The van der Waals surface area contributed by atoms with Gasteiger partial charge in [-0.1, -0.05) is 13.8 Å². The molecule has 14 heavy (non-hydrogen) atoms. The normalized spacial score (nSPS) is 12.1. The summed E-state index contributed by atoms with van der Waals surface area (Å²) in [6.07, 6.45) is 2.68. The molecule has 0 unspecified atom stereocenters. The Hall–Kier alpha value is 0.0700. The van der Waals surface area contributed by atoms with Gasteiger partial charge in [0.25, 0.3) is 0 Å². The van der Waals surface area contributed by atoms with Gasteiger partial charge in [0.15, 0.2) is 0 Å². The van der Waals surface area contributed by atoms with Gasteiger partial charge in [-0.05, 0) is 24.3 Å². The van der Waals surface area contributed by atoms with Crippen LogP contribution in [-0.4, -0.2) is 30.6 Å². The van der Waals surface area contributed by atoms with Gasteiger partial charge >= 0.3 is 5.97 Å². The Kier molecular flexibility index (Phi) is 11.3. The van der Waals surface area contributed by atoms with E-state index in [1.165, 1.54) is 0 Å². The second-order valence-corrected chi connectivity index (χ2v) is 4.40. The molecule has 0 saturated heterocycles. The lowest BCUT2D eigenvalue weighted by Crippen LogP contribution is -2.33. The third-order valence-corrected chi connectivity index (χ3v) is 2.14. The van der Waals surface area contributed by atoms with Crippen molar-refractivity contribution in [2.45, 2.75) is 26.3 Å². The van der Waals surface area contributed by atoms with E-state index < -0.39 is 6.04 Å². The Balaban J connectivity index is 0. The molecule has 1 atom stereocenters. The summed E-state index contributed by atoms with van der Waals surface area (Å²) in [6.45, 7) is 4.47. The fraction of sp³-hybridized carbons (Fsp3) is 0.889. The van der Waals surface area contributed by atoms with Crippen LogP contribution in [-0.2, 0) is 9.53 Å². The van der Waals surface area contributed by atoms with E-state index in [0.29, 0.717) is 18.9 Å². The highest BCUT2D eigenvalue weighted by molar-refractivity contribution is 7.98. The summed E-state index contributed by atoms with van der Waals surface area (Å²) in [6, 6.07) is -0.453. The fourth-order valence-corrected chi connectivity index (χ4v) is 1.21. The maximum Gasteiger partial charge on any atom is 0.322 e. The van der Waals surface area contributed by atoms with Crippen LogP contribution in [0.1, 0.15) is 20.3 Å².